The Bertz CT molecular complexity index is 1210. The summed E-state index contributed by atoms with van der Waals surface area (Å²) in [5, 5.41) is 0.540. The summed E-state index contributed by atoms with van der Waals surface area (Å²) in [7, 11) is -3.68. The normalized spacial score (nSPS) is 11.9. The summed E-state index contributed by atoms with van der Waals surface area (Å²) in [5.41, 5.74) is 1.59. The fourth-order valence-electron chi connectivity index (χ4n) is 3.39. The number of aromatic nitrogens is 3. The van der Waals surface area contributed by atoms with Crippen molar-refractivity contribution in [3.05, 3.63) is 40.3 Å². The average molecular weight is 433 g/mol. The van der Waals surface area contributed by atoms with E-state index in [0.717, 1.165) is 18.5 Å². The van der Waals surface area contributed by atoms with E-state index in [1.807, 2.05) is 31.5 Å². The lowest BCUT2D eigenvalue weighted by atomic mass is 10.1. The minimum absolute atomic E-state index is 0.0947. The number of nitrogens with one attached hydrogen (secondary N) is 2. The molecule has 1 aromatic carbocycles. The van der Waals surface area contributed by atoms with Gasteiger partial charge >= 0.3 is 0 Å². The van der Waals surface area contributed by atoms with Crippen molar-refractivity contribution in [3.63, 3.8) is 0 Å². The summed E-state index contributed by atoms with van der Waals surface area (Å²) < 4.78 is 35.4. The van der Waals surface area contributed by atoms with Crippen LogP contribution in [0.5, 0.6) is 5.75 Å². The summed E-state index contributed by atoms with van der Waals surface area (Å²) >= 11 is 0. The SMILES string of the molecule is CCCNS(=O)(=O)c1ccc(OCC)c(-c2nc3c(c(C)cn3CCC)c(=O)[nH]2)c1. The van der Waals surface area contributed by atoms with Gasteiger partial charge in [0.05, 0.1) is 22.5 Å². The predicted octanol–water partition coefficient (Wildman–Crippen LogP) is 3.20. The zero-order chi connectivity index (χ0) is 21.9. The van der Waals surface area contributed by atoms with Crippen LogP contribution in [0.3, 0.4) is 0 Å². The van der Waals surface area contributed by atoms with Crippen LogP contribution in [-0.2, 0) is 16.6 Å². The number of ether oxygens (including phenoxy) is 1. The number of nitrogens with zero attached hydrogens (tertiary/aromatic N) is 2. The van der Waals surface area contributed by atoms with Crippen LogP contribution in [0, 0.1) is 6.92 Å². The van der Waals surface area contributed by atoms with Gasteiger partial charge < -0.3 is 14.3 Å². The Labute approximate surface area is 176 Å². The number of sulfonamides is 1. The molecular formula is C21H28N4O4S. The molecule has 0 aliphatic heterocycles. The molecule has 0 bridgehead atoms. The van der Waals surface area contributed by atoms with Crippen LogP contribution in [0.4, 0.5) is 0 Å². The van der Waals surface area contributed by atoms with E-state index >= 15 is 0 Å². The van der Waals surface area contributed by atoms with Crippen LogP contribution in [0.2, 0.25) is 0 Å². The quantitative estimate of drug-likeness (QED) is 0.540. The number of benzene rings is 1. The Morgan fingerprint density at radius 1 is 1.20 bits per heavy atom. The van der Waals surface area contributed by atoms with Crippen LogP contribution in [0.1, 0.15) is 39.2 Å². The van der Waals surface area contributed by atoms with E-state index in [1.165, 1.54) is 12.1 Å². The third kappa shape index (κ3) is 4.27. The number of rotatable bonds is 9. The van der Waals surface area contributed by atoms with E-state index < -0.39 is 10.0 Å². The number of hydrogen-bond acceptors (Lipinski definition) is 5. The smallest absolute Gasteiger partial charge is 0.260 e. The Morgan fingerprint density at radius 3 is 2.63 bits per heavy atom. The predicted molar refractivity (Wildman–Crippen MR) is 117 cm³/mol. The molecule has 0 fully saturated rings. The van der Waals surface area contributed by atoms with E-state index in [2.05, 4.69) is 21.6 Å². The molecule has 0 radical (unpaired) electrons. The summed E-state index contributed by atoms with van der Waals surface area (Å²) in [6.07, 6.45) is 3.50. The minimum atomic E-state index is -3.68. The molecule has 3 aromatic rings. The molecule has 0 aliphatic carbocycles. The molecular weight excluding hydrogens is 404 g/mol. The summed E-state index contributed by atoms with van der Waals surface area (Å²) in [6.45, 7) is 9.13. The van der Waals surface area contributed by atoms with Crippen molar-refractivity contribution in [2.45, 2.75) is 52.0 Å². The molecule has 0 amide bonds. The summed E-state index contributed by atoms with van der Waals surface area (Å²) in [4.78, 5) is 20.4. The maximum absolute atomic E-state index is 12.8. The van der Waals surface area contributed by atoms with Gasteiger partial charge in [-0.25, -0.2) is 18.1 Å². The van der Waals surface area contributed by atoms with Gasteiger partial charge in [0.2, 0.25) is 10.0 Å². The maximum Gasteiger partial charge on any atom is 0.260 e. The third-order valence-electron chi connectivity index (χ3n) is 4.74. The van der Waals surface area contributed by atoms with Gasteiger partial charge in [-0.1, -0.05) is 13.8 Å². The molecule has 0 spiro atoms. The molecule has 0 unspecified atom stereocenters. The first-order valence-corrected chi connectivity index (χ1v) is 11.7. The second kappa shape index (κ2) is 9.01. The van der Waals surface area contributed by atoms with Crippen molar-refractivity contribution in [1.29, 1.82) is 0 Å². The molecule has 2 heterocycles. The number of fused-ring (bicyclic) bond motifs is 1. The molecule has 0 saturated heterocycles. The van der Waals surface area contributed by atoms with Crippen LogP contribution in [0.15, 0.2) is 34.1 Å². The van der Waals surface area contributed by atoms with Crippen LogP contribution >= 0.6 is 0 Å². The molecule has 0 aliphatic rings. The van der Waals surface area contributed by atoms with Gasteiger partial charge in [-0.2, -0.15) is 0 Å². The van der Waals surface area contributed by atoms with Crippen molar-refractivity contribution in [1.82, 2.24) is 19.3 Å². The lowest BCUT2D eigenvalue weighted by Gasteiger charge is -2.13. The van der Waals surface area contributed by atoms with Crippen LogP contribution in [-0.4, -0.2) is 36.1 Å². The van der Waals surface area contributed by atoms with Crippen LogP contribution in [0.25, 0.3) is 22.4 Å². The Morgan fingerprint density at radius 2 is 1.97 bits per heavy atom. The molecule has 162 valence electrons. The van der Waals surface area contributed by atoms with Crippen molar-refractivity contribution < 1.29 is 13.2 Å². The lowest BCUT2D eigenvalue weighted by Crippen LogP contribution is -2.24. The van der Waals surface area contributed by atoms with E-state index in [-0.39, 0.29) is 16.3 Å². The molecule has 8 nitrogen and oxygen atoms in total. The Kier molecular flexibility index (Phi) is 6.62. The number of hydrogen-bond donors (Lipinski definition) is 2. The van der Waals surface area contributed by atoms with Crippen molar-refractivity contribution in [2.24, 2.45) is 0 Å². The van der Waals surface area contributed by atoms with Crippen LogP contribution < -0.4 is 15.0 Å². The molecule has 3 rings (SSSR count). The van der Waals surface area contributed by atoms with Crippen molar-refractivity contribution in [2.75, 3.05) is 13.2 Å². The van der Waals surface area contributed by atoms with Gasteiger partial charge in [-0.3, -0.25) is 4.79 Å². The zero-order valence-corrected chi connectivity index (χ0v) is 18.6. The first-order chi connectivity index (χ1) is 14.3. The fraction of sp³-hybridized carbons (Fsp3) is 0.429. The maximum atomic E-state index is 12.8. The standard InChI is InChI=1S/C21H28N4O4S/c1-5-10-22-30(27,28)15-8-9-17(29-7-3)16(12-15)19-23-20-18(21(26)24-19)14(4)13-25(20)11-6-2/h8-9,12-13,22H,5-7,10-11H2,1-4H3,(H,23,24,26). The van der Waals surface area contributed by atoms with E-state index in [4.69, 9.17) is 4.74 Å². The minimum Gasteiger partial charge on any atom is -0.493 e. The van der Waals surface area contributed by atoms with Gasteiger partial charge in [0, 0.05) is 19.3 Å². The monoisotopic (exact) mass is 432 g/mol. The highest BCUT2D eigenvalue weighted by molar-refractivity contribution is 7.89. The molecule has 0 saturated carbocycles. The van der Waals surface area contributed by atoms with E-state index in [9.17, 15) is 13.2 Å². The Hall–Kier alpha value is -2.65. The summed E-state index contributed by atoms with van der Waals surface area (Å²) in [5.74, 6) is 0.735. The molecule has 9 heteroatoms. The van der Waals surface area contributed by atoms with Crippen molar-refractivity contribution >= 4 is 21.1 Å². The van der Waals surface area contributed by atoms with Gasteiger partial charge in [-0.05, 0) is 50.5 Å². The molecule has 2 aromatic heterocycles. The first-order valence-electron chi connectivity index (χ1n) is 10.2. The highest BCUT2D eigenvalue weighted by Crippen LogP contribution is 2.31. The van der Waals surface area contributed by atoms with E-state index in [0.29, 0.717) is 41.9 Å². The number of H-pyrrole nitrogens is 1. The van der Waals surface area contributed by atoms with E-state index in [1.54, 1.807) is 6.07 Å². The molecule has 30 heavy (non-hydrogen) atoms. The zero-order valence-electron chi connectivity index (χ0n) is 17.8. The fourth-order valence-corrected chi connectivity index (χ4v) is 4.55. The summed E-state index contributed by atoms with van der Waals surface area (Å²) in [6, 6.07) is 4.58. The molecule has 2 N–H and O–H groups in total. The lowest BCUT2D eigenvalue weighted by molar-refractivity contribution is 0.341. The molecule has 0 atom stereocenters. The second-order valence-electron chi connectivity index (χ2n) is 7.11. The Balaban J connectivity index is 2.22. The van der Waals surface area contributed by atoms with Gasteiger partial charge in [0.1, 0.15) is 17.2 Å². The average Bonchev–Trinajstić information content (AvgIpc) is 3.03. The van der Waals surface area contributed by atoms with Gasteiger partial charge in [0.15, 0.2) is 0 Å². The number of aromatic amines is 1. The van der Waals surface area contributed by atoms with Crippen molar-refractivity contribution in [3.8, 4) is 17.1 Å². The first kappa shape index (κ1) is 22.0. The highest BCUT2D eigenvalue weighted by Gasteiger charge is 2.20. The number of aryl methyl sites for hydroxylation is 2. The topological polar surface area (TPSA) is 106 Å². The van der Waals surface area contributed by atoms with Gasteiger partial charge in [0.25, 0.3) is 5.56 Å². The largest absolute Gasteiger partial charge is 0.493 e. The highest BCUT2D eigenvalue weighted by atomic mass is 32.2. The second-order valence-corrected chi connectivity index (χ2v) is 8.87. The third-order valence-corrected chi connectivity index (χ3v) is 6.20. The van der Waals surface area contributed by atoms with Gasteiger partial charge in [-0.15, -0.1) is 0 Å².